The number of benzene rings is 3. The van der Waals surface area contributed by atoms with E-state index in [-0.39, 0.29) is 5.91 Å². The van der Waals surface area contributed by atoms with Gasteiger partial charge in [0.1, 0.15) is 23.8 Å². The van der Waals surface area contributed by atoms with Gasteiger partial charge in [-0.1, -0.05) is 60.7 Å². The van der Waals surface area contributed by atoms with Crippen LogP contribution in [-0.4, -0.2) is 72.5 Å². The summed E-state index contributed by atoms with van der Waals surface area (Å²) in [5.41, 5.74) is 4.08. The minimum absolute atomic E-state index is 0.0149. The van der Waals surface area contributed by atoms with Crippen LogP contribution in [0.15, 0.2) is 91.3 Å². The van der Waals surface area contributed by atoms with Crippen molar-refractivity contribution in [1.82, 2.24) is 9.97 Å². The van der Waals surface area contributed by atoms with Crippen LogP contribution in [0, 0.1) is 0 Å². The fourth-order valence-electron chi connectivity index (χ4n) is 5.35. The fraction of sp³-hybridized carbons (Fsp3) is 0.273. The number of halogens is 3. The third-order valence-corrected chi connectivity index (χ3v) is 7.67. The third-order valence-electron chi connectivity index (χ3n) is 7.67. The summed E-state index contributed by atoms with van der Waals surface area (Å²) in [6.45, 7) is 3.78. The van der Waals surface area contributed by atoms with E-state index < -0.39 is 18.2 Å². The number of carboxylic acids is 1. The molecule has 0 saturated carbocycles. The molecule has 1 saturated heterocycles. The molecule has 1 fully saturated rings. The topological polar surface area (TPSA) is 111 Å². The summed E-state index contributed by atoms with van der Waals surface area (Å²) in [4.78, 5) is 38.8. The largest absolute Gasteiger partial charge is 0.497 e. The number of hydrogen-bond donors (Lipinski definition) is 2. The Morgan fingerprint density at radius 3 is 2.07 bits per heavy atom. The quantitative estimate of drug-likeness (QED) is 0.290. The van der Waals surface area contributed by atoms with Gasteiger partial charge in [0.15, 0.2) is 11.6 Å². The molecule has 1 amide bonds. The molecule has 240 valence electrons. The Hall–Kier alpha value is -5.33. The number of fused-ring (bicyclic) bond motifs is 1. The summed E-state index contributed by atoms with van der Waals surface area (Å²) in [5.74, 6) is -0.471. The van der Waals surface area contributed by atoms with Gasteiger partial charge in [0, 0.05) is 38.3 Å². The molecule has 0 bridgehead atoms. The second-order valence-corrected chi connectivity index (χ2v) is 10.7. The first-order chi connectivity index (χ1) is 22.1. The van der Waals surface area contributed by atoms with Crippen molar-refractivity contribution in [3.05, 3.63) is 102 Å². The monoisotopic (exact) mass is 634 g/mol. The number of methoxy groups -OCH3 is 1. The lowest BCUT2D eigenvalue weighted by Gasteiger charge is -2.40. The number of ether oxygens (including phenoxy) is 1. The van der Waals surface area contributed by atoms with Crippen LogP contribution in [-0.2, 0) is 22.6 Å². The van der Waals surface area contributed by atoms with Gasteiger partial charge in [-0.05, 0) is 35.4 Å². The molecule has 4 aromatic rings. The molecule has 13 heteroatoms. The highest BCUT2D eigenvalue weighted by Crippen LogP contribution is 2.39. The minimum Gasteiger partial charge on any atom is -0.497 e. The molecule has 3 heterocycles. The summed E-state index contributed by atoms with van der Waals surface area (Å²) in [7, 11) is 1.65. The van der Waals surface area contributed by atoms with Gasteiger partial charge in [-0.2, -0.15) is 13.2 Å². The first-order valence-corrected chi connectivity index (χ1v) is 14.6. The number of aliphatic carboxylic acids is 1. The number of nitrogens with zero attached hydrogens (tertiary/aromatic N) is 5. The first-order valence-electron chi connectivity index (χ1n) is 14.6. The summed E-state index contributed by atoms with van der Waals surface area (Å²) >= 11 is 0. The maximum Gasteiger partial charge on any atom is 0.490 e. The summed E-state index contributed by atoms with van der Waals surface area (Å²) in [6, 6.07) is 28.0. The normalized spacial score (nSPS) is 16.1. The Morgan fingerprint density at radius 1 is 0.891 bits per heavy atom. The van der Waals surface area contributed by atoms with Crippen molar-refractivity contribution in [3.63, 3.8) is 0 Å². The number of aromatic nitrogens is 2. The smallest absolute Gasteiger partial charge is 0.490 e. The molecule has 1 unspecified atom stereocenters. The van der Waals surface area contributed by atoms with Gasteiger partial charge in [0.2, 0.25) is 5.91 Å². The van der Waals surface area contributed by atoms with E-state index in [0.29, 0.717) is 18.8 Å². The Labute approximate surface area is 264 Å². The molecule has 2 aliphatic heterocycles. The van der Waals surface area contributed by atoms with Gasteiger partial charge in [-0.15, -0.1) is 0 Å². The molecule has 1 atom stereocenters. The Balaban J connectivity index is 0.000000537. The standard InChI is InChI=1S/C31H32N6O2.C2HF3O2/c1-39-26-14-12-24(13-15-26)21-37-28-29(34-27(31(37)38)20-23-8-4-2-5-9-23)32-22-33-30(28)36-18-16-35(17-19-36)25-10-6-3-7-11-25;3-2(4,5)1(6)7/h2-15,22,27H,16-21H2,1H3,(H,32,33,34);(H,6,7). The number of nitrogens with one attached hydrogen (secondary N) is 1. The Kier molecular flexibility index (Phi) is 9.89. The SMILES string of the molecule is COc1ccc(CN2C(=O)C(Cc3ccccc3)Nc3ncnc(N4CCN(c5ccccc5)CC4)c32)cc1.O=C(O)C(F)(F)F. The van der Waals surface area contributed by atoms with Crippen molar-refractivity contribution in [2.75, 3.05) is 53.3 Å². The molecule has 3 aromatic carbocycles. The van der Waals surface area contributed by atoms with E-state index in [1.807, 2.05) is 53.4 Å². The Bertz CT molecular complexity index is 1620. The summed E-state index contributed by atoms with van der Waals surface area (Å²) in [5, 5.41) is 10.6. The number of carboxylic acid groups (broad SMARTS) is 1. The van der Waals surface area contributed by atoms with Crippen LogP contribution in [0.2, 0.25) is 0 Å². The van der Waals surface area contributed by atoms with Crippen molar-refractivity contribution >= 4 is 34.9 Å². The lowest BCUT2D eigenvalue weighted by atomic mass is 10.0. The van der Waals surface area contributed by atoms with Gasteiger partial charge >= 0.3 is 12.1 Å². The van der Waals surface area contributed by atoms with Gasteiger partial charge in [0.05, 0.1) is 13.7 Å². The van der Waals surface area contributed by atoms with E-state index in [9.17, 15) is 18.0 Å². The molecule has 2 aliphatic rings. The third kappa shape index (κ3) is 7.65. The Morgan fingerprint density at radius 2 is 1.48 bits per heavy atom. The number of anilines is 4. The molecule has 10 nitrogen and oxygen atoms in total. The number of amides is 1. The van der Waals surface area contributed by atoms with Gasteiger partial charge in [0.25, 0.3) is 0 Å². The van der Waals surface area contributed by atoms with E-state index in [1.54, 1.807) is 13.4 Å². The molecule has 0 aliphatic carbocycles. The maximum absolute atomic E-state index is 14.0. The zero-order valence-corrected chi connectivity index (χ0v) is 25.0. The lowest BCUT2D eigenvalue weighted by molar-refractivity contribution is -0.192. The van der Waals surface area contributed by atoms with Crippen LogP contribution in [0.4, 0.5) is 36.2 Å². The van der Waals surface area contributed by atoms with Gasteiger partial charge in [-0.3, -0.25) is 9.69 Å². The molecule has 6 rings (SSSR count). The first kappa shape index (κ1) is 32.1. The molecular weight excluding hydrogens is 601 g/mol. The number of alkyl halides is 3. The summed E-state index contributed by atoms with van der Waals surface area (Å²) < 4.78 is 37.1. The van der Waals surface area contributed by atoms with E-state index in [2.05, 4.69) is 56.5 Å². The number of rotatable bonds is 7. The van der Waals surface area contributed by atoms with E-state index in [0.717, 1.165) is 54.6 Å². The summed E-state index contributed by atoms with van der Waals surface area (Å²) in [6.07, 6.45) is -2.90. The van der Waals surface area contributed by atoms with Crippen LogP contribution in [0.25, 0.3) is 0 Å². The molecule has 0 spiro atoms. The van der Waals surface area contributed by atoms with Crippen LogP contribution in [0.1, 0.15) is 11.1 Å². The number of para-hydroxylation sites is 1. The predicted molar refractivity (Wildman–Crippen MR) is 168 cm³/mol. The minimum atomic E-state index is -5.08. The second kappa shape index (κ2) is 14.2. The fourth-order valence-corrected chi connectivity index (χ4v) is 5.35. The van der Waals surface area contributed by atoms with Crippen molar-refractivity contribution < 1.29 is 32.6 Å². The lowest BCUT2D eigenvalue weighted by Crippen LogP contribution is -2.51. The number of hydrogen-bond acceptors (Lipinski definition) is 8. The van der Waals surface area contributed by atoms with E-state index in [1.165, 1.54) is 5.69 Å². The predicted octanol–water partition coefficient (Wildman–Crippen LogP) is 5.02. The number of piperazine rings is 1. The highest BCUT2D eigenvalue weighted by atomic mass is 19.4. The van der Waals surface area contributed by atoms with Gasteiger partial charge in [-0.25, -0.2) is 14.8 Å². The van der Waals surface area contributed by atoms with Crippen molar-refractivity contribution in [2.45, 2.75) is 25.2 Å². The average Bonchev–Trinajstić information content (AvgIpc) is 3.07. The van der Waals surface area contributed by atoms with E-state index in [4.69, 9.17) is 19.6 Å². The number of carbonyl (C=O) groups is 2. The van der Waals surface area contributed by atoms with E-state index >= 15 is 0 Å². The van der Waals surface area contributed by atoms with Crippen LogP contribution in [0.3, 0.4) is 0 Å². The average molecular weight is 635 g/mol. The zero-order valence-electron chi connectivity index (χ0n) is 25.0. The van der Waals surface area contributed by atoms with Crippen LogP contribution < -0.4 is 24.8 Å². The molecular formula is C33H33F3N6O4. The highest BCUT2D eigenvalue weighted by molar-refractivity contribution is 6.07. The van der Waals surface area contributed by atoms with Crippen molar-refractivity contribution in [2.24, 2.45) is 0 Å². The van der Waals surface area contributed by atoms with Crippen molar-refractivity contribution in [3.8, 4) is 5.75 Å². The molecule has 0 radical (unpaired) electrons. The zero-order chi connectivity index (χ0) is 32.7. The van der Waals surface area contributed by atoms with Crippen molar-refractivity contribution in [1.29, 1.82) is 0 Å². The van der Waals surface area contributed by atoms with Crippen LogP contribution in [0.5, 0.6) is 5.75 Å². The maximum atomic E-state index is 14.0. The molecule has 46 heavy (non-hydrogen) atoms. The van der Waals surface area contributed by atoms with Gasteiger partial charge < -0.3 is 25.0 Å². The van der Waals surface area contributed by atoms with Crippen LogP contribution >= 0.6 is 0 Å². The highest BCUT2D eigenvalue weighted by Gasteiger charge is 2.39. The molecule has 2 N–H and O–H groups in total. The molecule has 1 aromatic heterocycles. The second-order valence-electron chi connectivity index (χ2n) is 10.7. The number of carbonyl (C=O) groups excluding carboxylic acids is 1.